The summed E-state index contributed by atoms with van der Waals surface area (Å²) in [5, 5.41) is 17.6. The first-order chi connectivity index (χ1) is 5.74. The maximum atomic E-state index is 8.78. The second-order valence-electron chi connectivity index (χ2n) is 2.65. The van der Waals surface area contributed by atoms with Crippen molar-refractivity contribution in [1.82, 2.24) is 0 Å². The molecule has 0 unspecified atom stereocenters. The first kappa shape index (κ1) is 12.5. The molecule has 1 aromatic rings. The van der Waals surface area contributed by atoms with E-state index in [0.717, 1.165) is 12.0 Å². The molecule has 0 saturated heterocycles. The first-order valence-electron chi connectivity index (χ1n) is 3.89. The summed E-state index contributed by atoms with van der Waals surface area (Å²) in [5.41, 5.74) is 6.98. The molecule has 4 N–H and O–H groups in total. The van der Waals surface area contributed by atoms with Crippen molar-refractivity contribution in [3.63, 3.8) is 0 Å². The Bertz CT molecular complexity index is 240. The highest BCUT2D eigenvalue weighted by molar-refractivity contribution is 6.58. The third-order valence-corrected chi connectivity index (χ3v) is 1.71. The molecule has 0 spiro atoms. The molecule has 0 aromatic heterocycles. The molecule has 72 valence electrons. The molecule has 3 nitrogen and oxygen atoms in total. The van der Waals surface area contributed by atoms with Gasteiger partial charge in [0.2, 0.25) is 0 Å². The molecule has 0 radical (unpaired) electrons. The van der Waals surface area contributed by atoms with E-state index in [1.54, 1.807) is 12.1 Å². The molecule has 0 aliphatic heterocycles. The standard InChI is InChI=1S/C8H12BNO2.ClH/c10-6-5-7-1-3-8(4-2-7)9(11)12;/h1-4,11-12H,5-6,10H2;1H. The highest BCUT2D eigenvalue weighted by Crippen LogP contribution is 1.96. The molecule has 0 atom stereocenters. The lowest BCUT2D eigenvalue weighted by Gasteiger charge is -2.01. The van der Waals surface area contributed by atoms with E-state index in [1.165, 1.54) is 0 Å². The van der Waals surface area contributed by atoms with E-state index >= 15 is 0 Å². The topological polar surface area (TPSA) is 66.5 Å². The van der Waals surface area contributed by atoms with Crippen LogP contribution in [-0.4, -0.2) is 23.7 Å². The van der Waals surface area contributed by atoms with Gasteiger partial charge in [-0.3, -0.25) is 0 Å². The van der Waals surface area contributed by atoms with Crippen LogP contribution in [0.3, 0.4) is 0 Å². The molecule has 0 saturated carbocycles. The van der Waals surface area contributed by atoms with E-state index in [9.17, 15) is 0 Å². The Morgan fingerprint density at radius 3 is 2.08 bits per heavy atom. The van der Waals surface area contributed by atoms with E-state index < -0.39 is 7.12 Å². The Morgan fingerprint density at radius 1 is 1.15 bits per heavy atom. The van der Waals surface area contributed by atoms with Gasteiger partial charge in [0.15, 0.2) is 0 Å². The lowest BCUT2D eigenvalue weighted by molar-refractivity contribution is 0.426. The molecule has 0 amide bonds. The zero-order valence-electron chi connectivity index (χ0n) is 7.18. The summed E-state index contributed by atoms with van der Waals surface area (Å²) in [5.74, 6) is 0. The van der Waals surface area contributed by atoms with Crippen LogP contribution >= 0.6 is 12.4 Å². The van der Waals surface area contributed by atoms with Crippen molar-refractivity contribution >= 4 is 25.0 Å². The average molecular weight is 201 g/mol. The highest BCUT2D eigenvalue weighted by Gasteiger charge is 2.08. The average Bonchev–Trinajstić information content (AvgIpc) is 2.06. The van der Waals surface area contributed by atoms with Crippen LogP contribution in [0.4, 0.5) is 0 Å². The van der Waals surface area contributed by atoms with E-state index in [2.05, 4.69) is 0 Å². The Balaban J connectivity index is 0.00000144. The maximum absolute atomic E-state index is 8.78. The van der Waals surface area contributed by atoms with Crippen LogP contribution in [0.5, 0.6) is 0 Å². The van der Waals surface area contributed by atoms with E-state index in [0.29, 0.717) is 12.0 Å². The van der Waals surface area contributed by atoms with Crippen LogP contribution in [0.25, 0.3) is 0 Å². The van der Waals surface area contributed by atoms with Crippen molar-refractivity contribution in [3.8, 4) is 0 Å². The summed E-state index contributed by atoms with van der Waals surface area (Å²) in [7, 11) is -1.38. The summed E-state index contributed by atoms with van der Waals surface area (Å²) in [6.45, 7) is 0.612. The Morgan fingerprint density at radius 2 is 1.69 bits per heavy atom. The van der Waals surface area contributed by atoms with Gasteiger partial charge >= 0.3 is 7.12 Å². The van der Waals surface area contributed by atoms with E-state index in [1.807, 2.05) is 12.1 Å². The lowest BCUT2D eigenvalue weighted by atomic mass is 9.80. The van der Waals surface area contributed by atoms with Crippen molar-refractivity contribution < 1.29 is 10.0 Å². The second-order valence-corrected chi connectivity index (χ2v) is 2.65. The smallest absolute Gasteiger partial charge is 0.423 e. The molecular formula is C8H13BClNO2. The third kappa shape index (κ3) is 3.78. The Kier molecular flexibility index (Phi) is 5.74. The largest absolute Gasteiger partial charge is 0.488 e. The number of benzene rings is 1. The van der Waals surface area contributed by atoms with Gasteiger partial charge in [0.05, 0.1) is 0 Å². The number of nitrogens with two attached hydrogens (primary N) is 1. The van der Waals surface area contributed by atoms with Gasteiger partial charge in [-0.1, -0.05) is 24.3 Å². The maximum Gasteiger partial charge on any atom is 0.488 e. The predicted octanol–water partition coefficient (Wildman–Crippen LogP) is -0.711. The number of halogens is 1. The number of hydrogen-bond donors (Lipinski definition) is 3. The first-order valence-corrected chi connectivity index (χ1v) is 3.89. The molecule has 0 aliphatic rings. The molecule has 0 bridgehead atoms. The summed E-state index contributed by atoms with van der Waals surface area (Å²) in [4.78, 5) is 0. The van der Waals surface area contributed by atoms with Crippen LogP contribution in [0.1, 0.15) is 5.56 Å². The van der Waals surface area contributed by atoms with Crippen molar-refractivity contribution in [2.45, 2.75) is 6.42 Å². The van der Waals surface area contributed by atoms with Crippen molar-refractivity contribution in [3.05, 3.63) is 29.8 Å². The van der Waals surface area contributed by atoms with Gasteiger partial charge in [0.1, 0.15) is 0 Å². The van der Waals surface area contributed by atoms with Crippen molar-refractivity contribution in [2.24, 2.45) is 5.73 Å². The van der Waals surface area contributed by atoms with Gasteiger partial charge in [-0.05, 0) is 24.0 Å². The van der Waals surface area contributed by atoms with Crippen LogP contribution in [0.2, 0.25) is 0 Å². The zero-order chi connectivity index (χ0) is 8.97. The van der Waals surface area contributed by atoms with Crippen LogP contribution < -0.4 is 11.2 Å². The molecule has 13 heavy (non-hydrogen) atoms. The second kappa shape index (κ2) is 5.99. The number of rotatable bonds is 3. The highest BCUT2D eigenvalue weighted by atomic mass is 35.5. The molecule has 0 fully saturated rings. The van der Waals surface area contributed by atoms with Gasteiger partial charge in [0, 0.05) is 0 Å². The van der Waals surface area contributed by atoms with Crippen LogP contribution in [-0.2, 0) is 6.42 Å². The minimum atomic E-state index is -1.38. The number of hydrogen-bond acceptors (Lipinski definition) is 3. The summed E-state index contributed by atoms with van der Waals surface area (Å²) < 4.78 is 0. The molecule has 5 heteroatoms. The fourth-order valence-corrected chi connectivity index (χ4v) is 1.02. The third-order valence-electron chi connectivity index (χ3n) is 1.71. The molecular weight excluding hydrogens is 188 g/mol. The van der Waals surface area contributed by atoms with Gasteiger partial charge in [-0.15, -0.1) is 12.4 Å². The minimum absolute atomic E-state index is 0. The van der Waals surface area contributed by atoms with Gasteiger partial charge in [0.25, 0.3) is 0 Å². The van der Waals surface area contributed by atoms with Crippen molar-refractivity contribution in [2.75, 3.05) is 6.54 Å². The normalized spacial score (nSPS) is 9.15. The van der Waals surface area contributed by atoms with Crippen LogP contribution in [0, 0.1) is 0 Å². The summed E-state index contributed by atoms with van der Waals surface area (Å²) in [6, 6.07) is 7.08. The van der Waals surface area contributed by atoms with E-state index in [4.69, 9.17) is 15.8 Å². The quantitative estimate of drug-likeness (QED) is 0.566. The van der Waals surface area contributed by atoms with Crippen LogP contribution in [0.15, 0.2) is 24.3 Å². The lowest BCUT2D eigenvalue weighted by Crippen LogP contribution is -2.29. The van der Waals surface area contributed by atoms with E-state index in [-0.39, 0.29) is 12.4 Å². The molecule has 0 heterocycles. The van der Waals surface area contributed by atoms with Gasteiger partial charge < -0.3 is 15.8 Å². The fourth-order valence-electron chi connectivity index (χ4n) is 1.02. The SMILES string of the molecule is Cl.NCCc1ccc(B(O)O)cc1. The minimum Gasteiger partial charge on any atom is -0.423 e. The predicted molar refractivity (Wildman–Crippen MR) is 56.3 cm³/mol. The van der Waals surface area contributed by atoms with Gasteiger partial charge in [-0.2, -0.15) is 0 Å². The Labute approximate surface area is 84.1 Å². The monoisotopic (exact) mass is 201 g/mol. The molecule has 0 aliphatic carbocycles. The molecule has 1 aromatic carbocycles. The summed E-state index contributed by atoms with van der Waals surface area (Å²) in [6.07, 6.45) is 0.821. The fraction of sp³-hybridized carbons (Fsp3) is 0.250. The van der Waals surface area contributed by atoms with Crippen molar-refractivity contribution in [1.29, 1.82) is 0 Å². The summed E-state index contributed by atoms with van der Waals surface area (Å²) >= 11 is 0. The zero-order valence-corrected chi connectivity index (χ0v) is 8.00. The molecule has 1 rings (SSSR count). The van der Waals surface area contributed by atoms with Gasteiger partial charge in [-0.25, -0.2) is 0 Å². The Hall–Kier alpha value is -0.545.